The van der Waals surface area contributed by atoms with Gasteiger partial charge in [0.05, 0.1) is 23.3 Å². The quantitative estimate of drug-likeness (QED) is 0.916. The first kappa shape index (κ1) is 14.9. The molecule has 0 aliphatic heterocycles. The maximum absolute atomic E-state index is 12.5. The average Bonchev–Trinajstić information content (AvgIpc) is 2.83. The third kappa shape index (κ3) is 3.16. The summed E-state index contributed by atoms with van der Waals surface area (Å²) in [5.41, 5.74) is 3.31. The van der Waals surface area contributed by atoms with Crippen molar-refractivity contribution in [2.45, 2.75) is 13.5 Å². The zero-order valence-electron chi connectivity index (χ0n) is 11.5. The normalized spacial score (nSPS) is 10.4. The summed E-state index contributed by atoms with van der Waals surface area (Å²) < 4.78 is 0.780. The van der Waals surface area contributed by atoms with E-state index in [9.17, 15) is 4.79 Å². The van der Waals surface area contributed by atoms with E-state index in [2.05, 4.69) is 31.2 Å². The standard InChI is InChI=1S/C13H15BrN4OS/c1-8-11(20-7-17-8)6-18(3)13(19)10-4-9(14)5-16-12(10)15-2/h4-5,7H,6H2,1-3H3,(H,15,16). The highest BCUT2D eigenvalue weighted by molar-refractivity contribution is 9.10. The van der Waals surface area contributed by atoms with Crippen LogP contribution in [0.25, 0.3) is 0 Å². The third-order valence-electron chi connectivity index (χ3n) is 2.89. The molecule has 0 saturated carbocycles. The zero-order chi connectivity index (χ0) is 14.7. The molecule has 7 heteroatoms. The molecule has 1 N–H and O–H groups in total. The summed E-state index contributed by atoms with van der Waals surface area (Å²) in [5.74, 6) is 0.502. The minimum atomic E-state index is -0.0732. The highest BCUT2D eigenvalue weighted by Crippen LogP contribution is 2.21. The van der Waals surface area contributed by atoms with Crippen LogP contribution in [-0.2, 0) is 6.54 Å². The Morgan fingerprint density at radius 1 is 1.50 bits per heavy atom. The fraction of sp³-hybridized carbons (Fsp3) is 0.308. The number of pyridine rings is 1. The predicted octanol–water partition coefficient (Wildman–Crippen LogP) is 2.92. The maximum Gasteiger partial charge on any atom is 0.257 e. The van der Waals surface area contributed by atoms with Crippen molar-refractivity contribution >= 4 is 39.0 Å². The summed E-state index contributed by atoms with van der Waals surface area (Å²) in [4.78, 5) is 23.7. The first-order chi connectivity index (χ1) is 9.52. The fourth-order valence-electron chi connectivity index (χ4n) is 1.77. The molecule has 1 amide bonds. The Morgan fingerprint density at radius 2 is 2.25 bits per heavy atom. The number of carbonyl (C=O) groups excluding carboxylic acids is 1. The first-order valence-corrected chi connectivity index (χ1v) is 7.68. The minimum Gasteiger partial charge on any atom is -0.372 e. The van der Waals surface area contributed by atoms with Crippen molar-refractivity contribution in [2.75, 3.05) is 19.4 Å². The monoisotopic (exact) mass is 354 g/mol. The Balaban J connectivity index is 2.22. The molecule has 5 nitrogen and oxygen atoms in total. The summed E-state index contributed by atoms with van der Waals surface area (Å²) in [6.45, 7) is 2.49. The molecule has 0 aliphatic carbocycles. The molecule has 2 heterocycles. The highest BCUT2D eigenvalue weighted by atomic mass is 79.9. The van der Waals surface area contributed by atoms with Gasteiger partial charge >= 0.3 is 0 Å². The van der Waals surface area contributed by atoms with Gasteiger partial charge in [0.2, 0.25) is 0 Å². The van der Waals surface area contributed by atoms with E-state index in [4.69, 9.17) is 0 Å². The molecule has 2 aromatic rings. The second-order valence-corrected chi connectivity index (χ2v) is 6.18. The Kier molecular flexibility index (Phi) is 4.72. The molecule has 2 aromatic heterocycles. The number of thiazole rings is 1. The van der Waals surface area contributed by atoms with Gasteiger partial charge in [-0.2, -0.15) is 0 Å². The van der Waals surface area contributed by atoms with E-state index in [1.54, 1.807) is 48.1 Å². The van der Waals surface area contributed by atoms with Gasteiger partial charge in [0, 0.05) is 29.6 Å². The number of aryl methyl sites for hydroxylation is 1. The van der Waals surface area contributed by atoms with Gasteiger partial charge in [0.1, 0.15) is 5.82 Å². The molecule has 0 atom stereocenters. The lowest BCUT2D eigenvalue weighted by Gasteiger charge is -2.18. The molecule has 106 valence electrons. The van der Waals surface area contributed by atoms with Crippen LogP contribution in [0.5, 0.6) is 0 Å². The summed E-state index contributed by atoms with van der Waals surface area (Å²) in [5, 5.41) is 2.94. The van der Waals surface area contributed by atoms with Gasteiger partial charge in [0.15, 0.2) is 0 Å². The van der Waals surface area contributed by atoms with Gasteiger partial charge in [-0.1, -0.05) is 0 Å². The number of nitrogens with one attached hydrogen (secondary N) is 1. The van der Waals surface area contributed by atoms with E-state index in [0.717, 1.165) is 15.0 Å². The molecule has 0 aliphatic rings. The van der Waals surface area contributed by atoms with E-state index in [1.807, 2.05) is 6.92 Å². The second-order valence-electron chi connectivity index (χ2n) is 4.32. The Morgan fingerprint density at radius 3 is 2.85 bits per heavy atom. The molecular formula is C13H15BrN4OS. The number of rotatable bonds is 4. The molecule has 0 bridgehead atoms. The van der Waals surface area contributed by atoms with Crippen molar-refractivity contribution in [1.29, 1.82) is 0 Å². The molecule has 0 aromatic carbocycles. The van der Waals surface area contributed by atoms with E-state index in [1.165, 1.54) is 0 Å². The van der Waals surface area contributed by atoms with Gasteiger partial charge in [-0.05, 0) is 28.9 Å². The fourth-order valence-corrected chi connectivity index (χ4v) is 2.93. The molecule has 20 heavy (non-hydrogen) atoms. The van der Waals surface area contributed by atoms with Gasteiger partial charge in [-0.3, -0.25) is 4.79 Å². The molecule has 2 rings (SSSR count). The van der Waals surface area contributed by atoms with Crippen LogP contribution in [-0.4, -0.2) is 34.9 Å². The summed E-state index contributed by atoms with van der Waals surface area (Å²) in [6, 6.07) is 1.77. The number of hydrogen-bond acceptors (Lipinski definition) is 5. The third-order valence-corrected chi connectivity index (χ3v) is 4.25. The van der Waals surface area contributed by atoms with E-state index < -0.39 is 0 Å². The number of nitrogens with zero attached hydrogens (tertiary/aromatic N) is 3. The number of anilines is 1. The van der Waals surface area contributed by atoms with Gasteiger partial charge in [0.25, 0.3) is 5.91 Å². The summed E-state index contributed by atoms with van der Waals surface area (Å²) in [7, 11) is 3.53. The molecule has 0 unspecified atom stereocenters. The second kappa shape index (κ2) is 6.32. The van der Waals surface area contributed by atoms with Gasteiger partial charge in [-0.15, -0.1) is 11.3 Å². The molecule has 0 fully saturated rings. The van der Waals surface area contributed by atoms with Crippen molar-refractivity contribution in [1.82, 2.24) is 14.9 Å². The van der Waals surface area contributed by atoms with Crippen LogP contribution in [0.4, 0.5) is 5.82 Å². The minimum absolute atomic E-state index is 0.0732. The van der Waals surface area contributed by atoms with Crippen molar-refractivity contribution in [3.8, 4) is 0 Å². The first-order valence-electron chi connectivity index (χ1n) is 6.00. The number of halogens is 1. The van der Waals surface area contributed by atoms with Crippen LogP contribution in [0.2, 0.25) is 0 Å². The van der Waals surface area contributed by atoms with Crippen LogP contribution in [0.15, 0.2) is 22.2 Å². The van der Waals surface area contributed by atoms with E-state index in [-0.39, 0.29) is 5.91 Å². The van der Waals surface area contributed by atoms with Gasteiger partial charge < -0.3 is 10.2 Å². The lowest BCUT2D eigenvalue weighted by atomic mass is 10.2. The SMILES string of the molecule is CNc1ncc(Br)cc1C(=O)N(C)Cc1scnc1C. The van der Waals surface area contributed by atoms with Crippen LogP contribution < -0.4 is 5.32 Å². The Bertz CT molecular complexity index is 629. The largest absolute Gasteiger partial charge is 0.372 e. The molecule has 0 saturated heterocycles. The number of hydrogen-bond donors (Lipinski definition) is 1. The highest BCUT2D eigenvalue weighted by Gasteiger charge is 2.18. The van der Waals surface area contributed by atoms with Crippen LogP contribution >= 0.6 is 27.3 Å². The van der Waals surface area contributed by atoms with Crippen molar-refractivity contribution in [3.63, 3.8) is 0 Å². The van der Waals surface area contributed by atoms with Crippen molar-refractivity contribution in [3.05, 3.63) is 38.4 Å². The Labute approximate surface area is 130 Å². The number of amides is 1. The van der Waals surface area contributed by atoms with Crippen LogP contribution in [0.3, 0.4) is 0 Å². The van der Waals surface area contributed by atoms with Crippen LogP contribution in [0.1, 0.15) is 20.9 Å². The molecule has 0 spiro atoms. The van der Waals surface area contributed by atoms with E-state index in [0.29, 0.717) is 17.9 Å². The average molecular weight is 355 g/mol. The molecule has 0 radical (unpaired) electrons. The van der Waals surface area contributed by atoms with Crippen LogP contribution in [0, 0.1) is 6.92 Å². The maximum atomic E-state index is 12.5. The predicted molar refractivity (Wildman–Crippen MR) is 84.1 cm³/mol. The zero-order valence-corrected chi connectivity index (χ0v) is 13.9. The molecular weight excluding hydrogens is 340 g/mol. The number of carbonyl (C=O) groups is 1. The van der Waals surface area contributed by atoms with Crippen molar-refractivity contribution < 1.29 is 4.79 Å². The lowest BCUT2D eigenvalue weighted by Crippen LogP contribution is -2.27. The van der Waals surface area contributed by atoms with Crippen molar-refractivity contribution in [2.24, 2.45) is 0 Å². The smallest absolute Gasteiger partial charge is 0.257 e. The summed E-state index contributed by atoms with van der Waals surface area (Å²) in [6.07, 6.45) is 1.66. The Hall–Kier alpha value is -1.47. The number of aromatic nitrogens is 2. The lowest BCUT2D eigenvalue weighted by molar-refractivity contribution is 0.0787. The van der Waals surface area contributed by atoms with Gasteiger partial charge in [-0.25, -0.2) is 9.97 Å². The van der Waals surface area contributed by atoms with E-state index >= 15 is 0 Å². The topological polar surface area (TPSA) is 58.1 Å². The summed E-state index contributed by atoms with van der Waals surface area (Å²) >= 11 is 4.90.